The van der Waals surface area contributed by atoms with Gasteiger partial charge in [0.25, 0.3) is 5.91 Å². The van der Waals surface area contributed by atoms with Gasteiger partial charge in [0.15, 0.2) is 0 Å². The predicted molar refractivity (Wildman–Crippen MR) is 98.7 cm³/mol. The van der Waals surface area contributed by atoms with Gasteiger partial charge in [0.1, 0.15) is 10.7 Å². The first-order chi connectivity index (χ1) is 11.9. The maximum Gasteiger partial charge on any atom is 0.303 e. The van der Waals surface area contributed by atoms with Crippen molar-refractivity contribution >= 4 is 27.5 Å². The minimum absolute atomic E-state index is 0.108. The van der Waals surface area contributed by atoms with Crippen LogP contribution in [-0.2, 0) is 23.2 Å². The van der Waals surface area contributed by atoms with E-state index in [1.807, 2.05) is 22.9 Å². The van der Waals surface area contributed by atoms with Gasteiger partial charge in [0, 0.05) is 26.0 Å². The van der Waals surface area contributed by atoms with Crippen LogP contribution in [0.2, 0.25) is 0 Å². The minimum Gasteiger partial charge on any atom is -0.310 e. The summed E-state index contributed by atoms with van der Waals surface area (Å²) in [5, 5.41) is 5.58. The van der Waals surface area contributed by atoms with Crippen LogP contribution in [0, 0.1) is 0 Å². The number of hydrogen-bond donors (Lipinski definition) is 2. The van der Waals surface area contributed by atoms with Gasteiger partial charge in [-0.05, 0) is 24.9 Å². The van der Waals surface area contributed by atoms with Crippen molar-refractivity contribution in [3.63, 3.8) is 0 Å². The molecule has 0 unspecified atom stereocenters. The summed E-state index contributed by atoms with van der Waals surface area (Å²) in [4.78, 5) is 16.1. The Morgan fingerprint density at radius 3 is 2.64 bits per heavy atom. The summed E-state index contributed by atoms with van der Waals surface area (Å²) < 4.78 is 26.2. The van der Waals surface area contributed by atoms with E-state index < -0.39 is 16.1 Å². The van der Waals surface area contributed by atoms with Crippen LogP contribution in [0.25, 0.3) is 0 Å². The lowest BCUT2D eigenvalue weighted by Crippen LogP contribution is -2.39. The molecule has 0 aliphatic carbocycles. The quantitative estimate of drug-likeness (QED) is 0.640. The van der Waals surface area contributed by atoms with E-state index in [4.69, 9.17) is 0 Å². The lowest BCUT2D eigenvalue weighted by molar-refractivity contribution is 0.0975. The van der Waals surface area contributed by atoms with Gasteiger partial charge in [-0.2, -0.15) is 12.7 Å². The highest BCUT2D eigenvalue weighted by Crippen LogP contribution is 2.10. The van der Waals surface area contributed by atoms with Crippen LogP contribution < -0.4 is 10.0 Å². The second-order valence-electron chi connectivity index (χ2n) is 5.61. The van der Waals surface area contributed by atoms with Crippen LogP contribution >= 0.6 is 11.3 Å². The first-order valence-corrected chi connectivity index (χ1v) is 10.1. The maximum absolute atomic E-state index is 11.9. The molecule has 2 rings (SSSR count). The Kier molecular flexibility index (Phi) is 7.06. The number of rotatable bonds is 9. The molecule has 2 aromatic rings. The summed E-state index contributed by atoms with van der Waals surface area (Å²) in [5.41, 5.74) is 1.41. The molecular weight excluding hydrogens is 360 g/mol. The van der Waals surface area contributed by atoms with E-state index in [1.165, 1.54) is 31.0 Å². The molecule has 1 aromatic carbocycles. The molecule has 0 saturated heterocycles. The summed E-state index contributed by atoms with van der Waals surface area (Å²) in [7, 11) is -1.11. The molecule has 25 heavy (non-hydrogen) atoms. The summed E-state index contributed by atoms with van der Waals surface area (Å²) in [5.74, 6) is -0.722. The Balaban J connectivity index is 1.75. The summed E-state index contributed by atoms with van der Waals surface area (Å²) >= 11 is 1.32. The molecule has 0 fully saturated rings. The van der Waals surface area contributed by atoms with Gasteiger partial charge >= 0.3 is 10.2 Å². The van der Waals surface area contributed by atoms with Crippen LogP contribution in [0.15, 0.2) is 35.7 Å². The fourth-order valence-electron chi connectivity index (χ4n) is 2.01. The number of hydrogen-bond acceptors (Lipinski definition) is 6. The van der Waals surface area contributed by atoms with Crippen LogP contribution in [0.1, 0.15) is 27.5 Å². The summed E-state index contributed by atoms with van der Waals surface area (Å²) in [6.45, 7) is 1.39. The Hall–Kier alpha value is -1.81. The molecule has 0 atom stereocenters. The van der Waals surface area contributed by atoms with E-state index in [-0.39, 0.29) is 5.69 Å². The zero-order valence-corrected chi connectivity index (χ0v) is 15.9. The fourth-order valence-corrected chi connectivity index (χ4v) is 3.28. The summed E-state index contributed by atoms with van der Waals surface area (Å²) in [6, 6.07) is 10.3. The standard InChI is InChI=1S/C16H22N4O3S2/c1-20(2)25(22,23)19-16(21)14-12-24-15(18-14)11-17-10-6-9-13-7-4-3-5-8-13/h3-5,7-8,12,17H,6,9-11H2,1-2H3,(H,19,21). The topological polar surface area (TPSA) is 91.4 Å². The predicted octanol–water partition coefficient (Wildman–Crippen LogP) is 1.40. The first kappa shape index (κ1) is 19.5. The molecular formula is C16H22N4O3S2. The zero-order valence-electron chi connectivity index (χ0n) is 14.2. The SMILES string of the molecule is CN(C)S(=O)(=O)NC(=O)c1csc(CNCCCc2ccccc2)n1. The van der Waals surface area contributed by atoms with Gasteiger partial charge in [0.2, 0.25) is 0 Å². The van der Waals surface area contributed by atoms with Crippen molar-refractivity contribution in [2.75, 3.05) is 20.6 Å². The lowest BCUT2D eigenvalue weighted by atomic mass is 10.1. The van der Waals surface area contributed by atoms with E-state index in [9.17, 15) is 13.2 Å². The van der Waals surface area contributed by atoms with Gasteiger partial charge in [-0.1, -0.05) is 30.3 Å². The highest BCUT2D eigenvalue weighted by molar-refractivity contribution is 7.87. The number of benzene rings is 1. The van der Waals surface area contributed by atoms with E-state index in [1.54, 1.807) is 5.38 Å². The second-order valence-corrected chi connectivity index (χ2v) is 8.44. The van der Waals surface area contributed by atoms with Gasteiger partial charge in [-0.15, -0.1) is 11.3 Å². The number of aromatic nitrogens is 1. The van der Waals surface area contributed by atoms with Crippen molar-refractivity contribution < 1.29 is 13.2 Å². The van der Waals surface area contributed by atoms with E-state index in [0.717, 1.165) is 28.7 Å². The van der Waals surface area contributed by atoms with Gasteiger partial charge in [0.05, 0.1) is 0 Å². The number of carbonyl (C=O) groups excluding carboxylic acids is 1. The monoisotopic (exact) mass is 382 g/mol. The smallest absolute Gasteiger partial charge is 0.303 e. The van der Waals surface area contributed by atoms with Crippen molar-refractivity contribution in [1.29, 1.82) is 0 Å². The molecule has 136 valence electrons. The van der Waals surface area contributed by atoms with Crippen molar-refractivity contribution in [2.24, 2.45) is 0 Å². The second kappa shape index (κ2) is 9.04. The Morgan fingerprint density at radius 1 is 1.24 bits per heavy atom. The molecule has 1 aromatic heterocycles. The molecule has 0 saturated carbocycles. The van der Waals surface area contributed by atoms with E-state index in [2.05, 4.69) is 22.4 Å². The third-order valence-corrected chi connectivity index (χ3v) is 5.68. The van der Waals surface area contributed by atoms with Gasteiger partial charge < -0.3 is 5.32 Å². The Bertz CT molecular complexity index is 789. The number of carbonyl (C=O) groups is 1. The molecule has 7 nitrogen and oxygen atoms in total. The van der Waals surface area contributed by atoms with E-state index >= 15 is 0 Å². The maximum atomic E-state index is 11.9. The fraction of sp³-hybridized carbons (Fsp3) is 0.375. The van der Waals surface area contributed by atoms with Crippen LogP contribution in [0.3, 0.4) is 0 Å². The molecule has 0 spiro atoms. The normalized spacial score (nSPS) is 11.6. The Labute approximate surface area is 152 Å². The highest BCUT2D eigenvalue weighted by atomic mass is 32.2. The first-order valence-electron chi connectivity index (χ1n) is 7.82. The van der Waals surface area contributed by atoms with Gasteiger partial charge in [-0.3, -0.25) is 4.79 Å². The number of nitrogens with zero attached hydrogens (tertiary/aromatic N) is 2. The summed E-state index contributed by atoms with van der Waals surface area (Å²) in [6.07, 6.45) is 2.01. The molecule has 0 bridgehead atoms. The highest BCUT2D eigenvalue weighted by Gasteiger charge is 2.20. The lowest BCUT2D eigenvalue weighted by Gasteiger charge is -2.10. The molecule has 0 aliphatic rings. The number of aryl methyl sites for hydroxylation is 1. The van der Waals surface area contributed by atoms with Crippen LogP contribution in [-0.4, -0.2) is 44.3 Å². The minimum atomic E-state index is -3.80. The molecule has 1 amide bonds. The van der Waals surface area contributed by atoms with Crippen molar-refractivity contribution in [3.8, 4) is 0 Å². The van der Waals surface area contributed by atoms with Crippen molar-refractivity contribution in [2.45, 2.75) is 19.4 Å². The van der Waals surface area contributed by atoms with Crippen molar-refractivity contribution in [3.05, 3.63) is 52.0 Å². The van der Waals surface area contributed by atoms with Gasteiger partial charge in [-0.25, -0.2) is 9.71 Å². The number of amides is 1. The number of nitrogens with one attached hydrogen (secondary N) is 2. The zero-order chi connectivity index (χ0) is 18.3. The molecule has 0 radical (unpaired) electrons. The molecule has 2 N–H and O–H groups in total. The van der Waals surface area contributed by atoms with E-state index in [0.29, 0.717) is 6.54 Å². The van der Waals surface area contributed by atoms with Crippen molar-refractivity contribution in [1.82, 2.24) is 19.3 Å². The average Bonchev–Trinajstić information content (AvgIpc) is 3.04. The molecule has 0 aliphatic heterocycles. The Morgan fingerprint density at radius 2 is 1.96 bits per heavy atom. The van der Waals surface area contributed by atoms with Crippen LogP contribution in [0.5, 0.6) is 0 Å². The average molecular weight is 383 g/mol. The third-order valence-electron chi connectivity index (χ3n) is 3.42. The number of thiazole rings is 1. The van der Waals surface area contributed by atoms with Crippen LogP contribution in [0.4, 0.5) is 0 Å². The molecule has 9 heteroatoms. The third kappa shape index (κ3) is 6.20. The largest absolute Gasteiger partial charge is 0.310 e. The molecule has 1 heterocycles.